The van der Waals surface area contributed by atoms with Crippen LogP contribution >= 0.6 is 0 Å². The molecule has 1 aliphatic rings. The number of oxime groups is 1. The highest BCUT2D eigenvalue weighted by Gasteiger charge is 2.36. The average Bonchev–Trinajstić information content (AvgIpc) is 3.20. The van der Waals surface area contributed by atoms with Gasteiger partial charge in [0.1, 0.15) is 7.11 Å². The van der Waals surface area contributed by atoms with Crippen molar-refractivity contribution in [3.8, 4) is 0 Å². The summed E-state index contributed by atoms with van der Waals surface area (Å²) in [6, 6.07) is 5.64. The third-order valence-electron chi connectivity index (χ3n) is 2.80. The summed E-state index contributed by atoms with van der Waals surface area (Å²) < 4.78 is 23.9. The highest BCUT2D eigenvalue weighted by molar-refractivity contribution is 7.92. The van der Waals surface area contributed by atoms with Gasteiger partial charge in [0.05, 0.1) is 10.1 Å². The molecular formula is C12H13NO5S. The Morgan fingerprint density at radius 3 is 2.32 bits per heavy atom. The fourth-order valence-electron chi connectivity index (χ4n) is 1.68. The van der Waals surface area contributed by atoms with Crippen molar-refractivity contribution in [1.82, 2.24) is 0 Å². The molecule has 6 nitrogen and oxygen atoms in total. The maximum Gasteiger partial charge on any atom is 0.358 e. The highest BCUT2D eigenvalue weighted by Crippen LogP contribution is 2.33. The van der Waals surface area contributed by atoms with E-state index in [0.717, 1.165) is 0 Å². The predicted molar refractivity (Wildman–Crippen MR) is 67.8 cm³/mol. The number of sulfone groups is 1. The van der Waals surface area contributed by atoms with Crippen LogP contribution in [0.5, 0.6) is 0 Å². The van der Waals surface area contributed by atoms with E-state index in [1.54, 1.807) is 0 Å². The van der Waals surface area contributed by atoms with E-state index < -0.39 is 15.8 Å². The summed E-state index contributed by atoms with van der Waals surface area (Å²) in [5.74, 6) is -1.24. The molecule has 0 spiro atoms. The third kappa shape index (κ3) is 2.76. The molecule has 0 aliphatic heterocycles. The second kappa shape index (κ2) is 5.00. The minimum Gasteiger partial charge on any atom is -0.476 e. The number of hydrogen-bond acceptors (Lipinski definition) is 5. The van der Waals surface area contributed by atoms with Gasteiger partial charge in [-0.3, -0.25) is 0 Å². The van der Waals surface area contributed by atoms with E-state index in [1.165, 1.54) is 31.4 Å². The minimum atomic E-state index is -3.26. The molecule has 19 heavy (non-hydrogen) atoms. The summed E-state index contributed by atoms with van der Waals surface area (Å²) in [5, 5.41) is 12.1. The average molecular weight is 283 g/mol. The van der Waals surface area contributed by atoms with Crippen molar-refractivity contribution in [2.75, 3.05) is 7.11 Å². The van der Waals surface area contributed by atoms with Crippen molar-refractivity contribution >= 4 is 21.5 Å². The molecule has 1 aliphatic carbocycles. The molecule has 0 atom stereocenters. The number of carboxylic acids is 1. The zero-order valence-electron chi connectivity index (χ0n) is 10.2. The van der Waals surface area contributed by atoms with Crippen LogP contribution in [0.4, 0.5) is 0 Å². The molecule has 1 aromatic carbocycles. The monoisotopic (exact) mass is 283 g/mol. The zero-order chi connectivity index (χ0) is 14.0. The lowest BCUT2D eigenvalue weighted by molar-refractivity contribution is -0.129. The Labute approximate surface area is 110 Å². The largest absolute Gasteiger partial charge is 0.476 e. The summed E-state index contributed by atoms with van der Waals surface area (Å²) in [6.07, 6.45) is 1.38. The molecule has 1 saturated carbocycles. The normalized spacial score (nSPS) is 16.2. The van der Waals surface area contributed by atoms with Crippen LogP contribution in [0, 0.1) is 0 Å². The number of rotatable bonds is 5. The van der Waals surface area contributed by atoms with Gasteiger partial charge in [-0.05, 0) is 25.0 Å². The van der Waals surface area contributed by atoms with Gasteiger partial charge < -0.3 is 9.94 Å². The first-order chi connectivity index (χ1) is 8.96. The van der Waals surface area contributed by atoms with Crippen molar-refractivity contribution in [2.45, 2.75) is 23.0 Å². The van der Waals surface area contributed by atoms with Crippen LogP contribution in [-0.2, 0) is 19.5 Å². The molecule has 0 amide bonds. The summed E-state index contributed by atoms with van der Waals surface area (Å²) in [6.45, 7) is 0. The predicted octanol–water partition coefficient (Wildman–Crippen LogP) is 1.06. The van der Waals surface area contributed by atoms with Crippen LogP contribution < -0.4 is 0 Å². The van der Waals surface area contributed by atoms with E-state index in [2.05, 4.69) is 9.99 Å². The van der Waals surface area contributed by atoms with Crippen LogP contribution in [0.15, 0.2) is 34.3 Å². The fraction of sp³-hybridized carbons (Fsp3) is 0.333. The van der Waals surface area contributed by atoms with E-state index in [0.29, 0.717) is 18.4 Å². The van der Waals surface area contributed by atoms with Crippen molar-refractivity contribution in [1.29, 1.82) is 0 Å². The topological polar surface area (TPSA) is 93.0 Å². The Bertz CT molecular complexity index is 614. The Kier molecular flexibility index (Phi) is 3.57. The molecule has 0 radical (unpaired) electrons. The summed E-state index contributed by atoms with van der Waals surface area (Å²) in [7, 11) is -2.01. The summed E-state index contributed by atoms with van der Waals surface area (Å²) >= 11 is 0. The van der Waals surface area contributed by atoms with Gasteiger partial charge in [0.15, 0.2) is 15.5 Å². The molecular weight excluding hydrogens is 270 g/mol. The Hall–Kier alpha value is -1.89. The molecule has 0 heterocycles. The zero-order valence-corrected chi connectivity index (χ0v) is 11.1. The number of hydrogen-bond donors (Lipinski definition) is 1. The van der Waals surface area contributed by atoms with Gasteiger partial charge >= 0.3 is 5.97 Å². The molecule has 7 heteroatoms. The summed E-state index contributed by atoms with van der Waals surface area (Å²) in [5.41, 5.74) is 0.0296. The number of nitrogens with zero attached hydrogens (tertiary/aromatic N) is 1. The first kappa shape index (κ1) is 13.5. The number of carboxylic acid groups (broad SMARTS) is 1. The van der Waals surface area contributed by atoms with E-state index in [4.69, 9.17) is 5.11 Å². The number of carbonyl (C=O) groups is 1. The smallest absolute Gasteiger partial charge is 0.358 e. The number of aliphatic carboxylic acids is 1. The Morgan fingerprint density at radius 1 is 1.32 bits per heavy atom. The molecule has 102 valence electrons. The van der Waals surface area contributed by atoms with Gasteiger partial charge in [-0.15, -0.1) is 0 Å². The standard InChI is InChI=1S/C12H13NO5S/c1-18-13-11(12(14)15)8-2-4-9(5-3-8)19(16,17)10-6-7-10/h2-5,10H,6-7H2,1H3,(H,14,15)/b13-11+. The first-order valence-electron chi connectivity index (χ1n) is 5.65. The lowest BCUT2D eigenvalue weighted by atomic mass is 10.1. The van der Waals surface area contributed by atoms with Crippen LogP contribution in [0.25, 0.3) is 0 Å². The van der Waals surface area contributed by atoms with E-state index in [9.17, 15) is 13.2 Å². The van der Waals surface area contributed by atoms with Crippen molar-refractivity contribution in [2.24, 2.45) is 5.16 Å². The summed E-state index contributed by atoms with van der Waals surface area (Å²) in [4.78, 5) is 15.6. The molecule has 0 saturated heterocycles. The molecule has 2 rings (SSSR count). The van der Waals surface area contributed by atoms with Gasteiger partial charge in [0.25, 0.3) is 0 Å². The third-order valence-corrected chi connectivity index (χ3v) is 5.08. The van der Waals surface area contributed by atoms with Gasteiger partial charge in [0, 0.05) is 5.56 Å². The second-order valence-electron chi connectivity index (χ2n) is 4.20. The van der Waals surface area contributed by atoms with Crippen LogP contribution in [-0.4, -0.2) is 37.6 Å². The quantitative estimate of drug-likeness (QED) is 0.644. The maximum absolute atomic E-state index is 12.0. The Morgan fingerprint density at radius 2 is 1.89 bits per heavy atom. The van der Waals surface area contributed by atoms with Crippen LogP contribution in [0.1, 0.15) is 18.4 Å². The first-order valence-corrected chi connectivity index (χ1v) is 7.20. The molecule has 0 unspecified atom stereocenters. The molecule has 0 aromatic heterocycles. The van der Waals surface area contributed by atoms with E-state index >= 15 is 0 Å². The van der Waals surface area contributed by atoms with Crippen molar-refractivity contribution in [3.63, 3.8) is 0 Å². The molecule has 1 fully saturated rings. The Balaban J connectivity index is 2.33. The fourth-order valence-corrected chi connectivity index (χ4v) is 3.34. The lowest BCUT2D eigenvalue weighted by Crippen LogP contribution is -2.15. The van der Waals surface area contributed by atoms with Gasteiger partial charge in [-0.2, -0.15) is 0 Å². The van der Waals surface area contributed by atoms with Gasteiger partial charge in [-0.25, -0.2) is 13.2 Å². The minimum absolute atomic E-state index is 0.209. The number of benzene rings is 1. The van der Waals surface area contributed by atoms with E-state index in [-0.39, 0.29) is 15.9 Å². The van der Waals surface area contributed by atoms with E-state index in [1.807, 2.05) is 0 Å². The maximum atomic E-state index is 12.0. The van der Waals surface area contributed by atoms with Gasteiger partial charge in [0.2, 0.25) is 0 Å². The molecule has 0 bridgehead atoms. The molecule has 1 aromatic rings. The van der Waals surface area contributed by atoms with Crippen molar-refractivity contribution < 1.29 is 23.2 Å². The SMILES string of the molecule is CO/N=C(/C(=O)O)c1ccc(S(=O)(=O)C2CC2)cc1. The van der Waals surface area contributed by atoms with Gasteiger partial charge in [-0.1, -0.05) is 17.3 Å². The highest BCUT2D eigenvalue weighted by atomic mass is 32.2. The van der Waals surface area contributed by atoms with Crippen LogP contribution in [0.3, 0.4) is 0 Å². The lowest BCUT2D eigenvalue weighted by Gasteiger charge is -2.04. The second-order valence-corrected chi connectivity index (χ2v) is 6.42. The van der Waals surface area contributed by atoms with Crippen LogP contribution in [0.2, 0.25) is 0 Å². The van der Waals surface area contributed by atoms with Crippen molar-refractivity contribution in [3.05, 3.63) is 29.8 Å². The molecule has 1 N–H and O–H groups in total.